The largest absolute Gasteiger partial charge is 0.487 e. The Hall–Kier alpha value is -3.17. The van der Waals surface area contributed by atoms with Gasteiger partial charge in [0.1, 0.15) is 12.4 Å². The molecule has 0 aliphatic heterocycles. The number of nitriles is 1. The minimum atomic E-state index is -0.0570. The fourth-order valence-corrected chi connectivity index (χ4v) is 3.26. The van der Waals surface area contributed by atoms with Gasteiger partial charge in [0.2, 0.25) is 0 Å². The lowest BCUT2D eigenvalue weighted by molar-refractivity contribution is 0.0690. The Morgan fingerprint density at radius 1 is 1.25 bits per heavy atom. The van der Waals surface area contributed by atoms with E-state index in [1.807, 2.05) is 43.5 Å². The van der Waals surface area contributed by atoms with Crippen LogP contribution in [0.15, 0.2) is 59.4 Å². The summed E-state index contributed by atoms with van der Waals surface area (Å²) in [4.78, 5) is 19.1. The highest BCUT2D eigenvalue weighted by atomic mass is 32.1. The number of hydrogen-bond donors (Lipinski definition) is 0. The molecule has 3 rings (SSSR count). The van der Waals surface area contributed by atoms with Gasteiger partial charge in [0.15, 0.2) is 0 Å². The van der Waals surface area contributed by atoms with Crippen molar-refractivity contribution >= 4 is 17.2 Å². The maximum absolute atomic E-state index is 13.1. The van der Waals surface area contributed by atoms with Crippen LogP contribution in [0.4, 0.5) is 0 Å². The molecule has 0 aliphatic carbocycles. The summed E-state index contributed by atoms with van der Waals surface area (Å²) in [6, 6.07) is 16.7. The molecule has 0 saturated carbocycles. The second-order valence-corrected chi connectivity index (χ2v) is 7.35. The molecule has 6 heteroatoms. The van der Waals surface area contributed by atoms with Crippen molar-refractivity contribution in [3.05, 3.63) is 81.8 Å². The van der Waals surface area contributed by atoms with E-state index in [9.17, 15) is 4.79 Å². The molecule has 0 spiro atoms. The van der Waals surface area contributed by atoms with Crippen molar-refractivity contribution in [2.75, 3.05) is 0 Å². The molecule has 142 valence electrons. The van der Waals surface area contributed by atoms with Crippen LogP contribution in [0.25, 0.3) is 0 Å². The number of rotatable bonds is 7. The normalized spacial score (nSPS) is 10.5. The minimum absolute atomic E-state index is 0.0303. The zero-order valence-electron chi connectivity index (χ0n) is 15.8. The van der Waals surface area contributed by atoms with Crippen LogP contribution in [-0.4, -0.2) is 21.8 Å². The van der Waals surface area contributed by atoms with Gasteiger partial charge in [-0.3, -0.25) is 4.79 Å². The third-order valence-corrected chi connectivity index (χ3v) is 4.91. The van der Waals surface area contributed by atoms with Crippen molar-refractivity contribution in [2.24, 2.45) is 0 Å². The molecule has 0 fully saturated rings. The van der Waals surface area contributed by atoms with Gasteiger partial charge in [0.05, 0.1) is 22.8 Å². The number of nitrogens with zero attached hydrogens (tertiary/aromatic N) is 3. The van der Waals surface area contributed by atoms with Crippen LogP contribution >= 0.6 is 11.3 Å². The quantitative estimate of drug-likeness (QED) is 0.588. The molecule has 0 unspecified atom stereocenters. The molecule has 0 radical (unpaired) electrons. The smallest absolute Gasteiger partial charge is 0.254 e. The summed E-state index contributed by atoms with van der Waals surface area (Å²) in [5.41, 5.74) is 4.81. The van der Waals surface area contributed by atoms with Crippen LogP contribution in [-0.2, 0) is 13.2 Å². The molecule has 0 saturated heterocycles. The second kappa shape index (κ2) is 9.16. The molecule has 0 N–H and O–H groups in total. The Morgan fingerprint density at radius 2 is 2.04 bits per heavy atom. The Labute approximate surface area is 168 Å². The van der Waals surface area contributed by atoms with Gasteiger partial charge >= 0.3 is 0 Å². The summed E-state index contributed by atoms with van der Waals surface area (Å²) in [6.45, 7) is 4.83. The number of ether oxygens (including phenoxy) is 1. The van der Waals surface area contributed by atoms with E-state index in [2.05, 4.69) is 11.1 Å². The Balaban J connectivity index is 1.73. The highest BCUT2D eigenvalue weighted by Gasteiger charge is 2.19. The molecule has 28 heavy (non-hydrogen) atoms. The first kappa shape index (κ1) is 19.6. The number of benzene rings is 2. The summed E-state index contributed by atoms with van der Waals surface area (Å²) in [7, 11) is 0. The van der Waals surface area contributed by atoms with Crippen LogP contribution < -0.4 is 4.74 Å². The fourth-order valence-electron chi connectivity index (χ4n) is 2.72. The molecule has 1 heterocycles. The first-order chi connectivity index (χ1) is 13.6. The van der Waals surface area contributed by atoms with Gasteiger partial charge < -0.3 is 9.64 Å². The van der Waals surface area contributed by atoms with Gasteiger partial charge in [-0.05, 0) is 49.7 Å². The maximum Gasteiger partial charge on any atom is 0.254 e. The molecular formula is C22H21N3O2S. The van der Waals surface area contributed by atoms with Crippen LogP contribution in [0.3, 0.4) is 0 Å². The van der Waals surface area contributed by atoms with Crippen molar-refractivity contribution in [3.8, 4) is 11.8 Å². The molecule has 1 amide bonds. The lowest BCUT2D eigenvalue weighted by atomic mass is 10.1. The molecule has 3 aromatic rings. The Bertz CT molecular complexity index is 960. The SMILES string of the molecule is CC(C)N(Cc1ccc(C#N)cc1)C(=O)c1cccc(OCc2cscn2)c1. The van der Waals surface area contributed by atoms with E-state index in [1.165, 1.54) is 11.3 Å². The molecule has 0 bridgehead atoms. The molecule has 1 aromatic heterocycles. The first-order valence-corrected chi connectivity index (χ1v) is 9.91. The highest BCUT2D eigenvalue weighted by molar-refractivity contribution is 7.07. The maximum atomic E-state index is 13.1. The number of amides is 1. The van der Waals surface area contributed by atoms with Gasteiger partial charge in [-0.1, -0.05) is 18.2 Å². The van der Waals surface area contributed by atoms with E-state index in [0.717, 1.165) is 11.3 Å². The molecular weight excluding hydrogens is 370 g/mol. The standard InChI is InChI=1S/C22H21N3O2S/c1-16(2)25(12-18-8-6-17(11-23)7-9-18)22(26)19-4-3-5-21(10-19)27-13-20-14-28-15-24-20/h3-10,14-16H,12-13H2,1-2H3. The number of carbonyl (C=O) groups is 1. The van der Waals surface area contributed by atoms with Gasteiger partial charge in [0, 0.05) is 23.5 Å². The number of carbonyl (C=O) groups excluding carboxylic acids is 1. The van der Waals surface area contributed by atoms with Crippen molar-refractivity contribution in [3.63, 3.8) is 0 Å². The summed E-state index contributed by atoms with van der Waals surface area (Å²) in [5.74, 6) is 0.583. The Kier molecular flexibility index (Phi) is 6.41. The first-order valence-electron chi connectivity index (χ1n) is 8.96. The van der Waals surface area contributed by atoms with E-state index in [4.69, 9.17) is 10.00 Å². The highest BCUT2D eigenvalue weighted by Crippen LogP contribution is 2.19. The van der Waals surface area contributed by atoms with E-state index in [0.29, 0.717) is 30.0 Å². The molecule has 0 atom stereocenters. The summed E-state index contributed by atoms with van der Waals surface area (Å²) in [6.07, 6.45) is 0. The summed E-state index contributed by atoms with van der Waals surface area (Å²) in [5, 5.41) is 10.9. The van der Waals surface area contributed by atoms with Crippen LogP contribution in [0, 0.1) is 11.3 Å². The van der Waals surface area contributed by atoms with E-state index >= 15 is 0 Å². The predicted molar refractivity (Wildman–Crippen MR) is 109 cm³/mol. The van der Waals surface area contributed by atoms with Crippen LogP contribution in [0.2, 0.25) is 0 Å². The zero-order chi connectivity index (χ0) is 19.9. The summed E-state index contributed by atoms with van der Waals surface area (Å²) < 4.78 is 5.77. The average molecular weight is 391 g/mol. The summed E-state index contributed by atoms with van der Waals surface area (Å²) >= 11 is 1.52. The molecule has 2 aromatic carbocycles. The second-order valence-electron chi connectivity index (χ2n) is 6.63. The lowest BCUT2D eigenvalue weighted by Gasteiger charge is -2.27. The van der Waals surface area contributed by atoms with Crippen molar-refractivity contribution in [1.29, 1.82) is 5.26 Å². The molecule has 0 aliphatic rings. The van der Waals surface area contributed by atoms with E-state index in [-0.39, 0.29) is 11.9 Å². The minimum Gasteiger partial charge on any atom is -0.487 e. The molecule has 5 nitrogen and oxygen atoms in total. The average Bonchev–Trinajstić information content (AvgIpc) is 3.24. The van der Waals surface area contributed by atoms with E-state index < -0.39 is 0 Å². The fraction of sp³-hybridized carbons (Fsp3) is 0.227. The third-order valence-electron chi connectivity index (χ3n) is 4.27. The number of thiazole rings is 1. The van der Waals surface area contributed by atoms with Crippen molar-refractivity contribution < 1.29 is 9.53 Å². The van der Waals surface area contributed by atoms with Gasteiger partial charge in [0.25, 0.3) is 5.91 Å². The third kappa shape index (κ3) is 4.96. The van der Waals surface area contributed by atoms with E-state index in [1.54, 1.807) is 34.7 Å². The monoisotopic (exact) mass is 391 g/mol. The number of aromatic nitrogens is 1. The van der Waals surface area contributed by atoms with Gasteiger partial charge in [-0.15, -0.1) is 11.3 Å². The Morgan fingerprint density at radius 3 is 2.68 bits per heavy atom. The van der Waals surface area contributed by atoms with Gasteiger partial charge in [-0.25, -0.2) is 4.98 Å². The lowest BCUT2D eigenvalue weighted by Crippen LogP contribution is -2.36. The van der Waals surface area contributed by atoms with Crippen molar-refractivity contribution in [2.45, 2.75) is 33.0 Å². The number of hydrogen-bond acceptors (Lipinski definition) is 5. The van der Waals surface area contributed by atoms with Gasteiger partial charge in [-0.2, -0.15) is 5.26 Å². The zero-order valence-corrected chi connectivity index (χ0v) is 16.6. The van der Waals surface area contributed by atoms with Crippen LogP contribution in [0.1, 0.15) is 41.0 Å². The topological polar surface area (TPSA) is 66.2 Å². The van der Waals surface area contributed by atoms with Crippen LogP contribution in [0.5, 0.6) is 5.75 Å². The van der Waals surface area contributed by atoms with Crippen molar-refractivity contribution in [1.82, 2.24) is 9.88 Å². The predicted octanol–water partition coefficient (Wildman–Crippen LogP) is 4.64.